The van der Waals surface area contributed by atoms with Crippen LogP contribution in [0, 0.1) is 0 Å². The Hall–Kier alpha value is -0.610. The lowest BCUT2D eigenvalue weighted by Gasteiger charge is -2.22. The highest BCUT2D eigenvalue weighted by Gasteiger charge is 2.65. The molecule has 11 heteroatoms. The number of rotatable bonds is 3. The predicted molar refractivity (Wildman–Crippen MR) is 30.6 cm³/mol. The van der Waals surface area contributed by atoms with Crippen LogP contribution in [0.1, 0.15) is 6.42 Å². The Labute approximate surface area is 78.1 Å². The van der Waals surface area contributed by atoms with Crippen LogP contribution >= 0.6 is 0 Å². The SMILES string of the molecule is O=S(=O)(F)C(F)(F)CC(F)(F)C(F)(F)F. The maximum absolute atomic E-state index is 12.0. The smallest absolute Gasteiger partial charge is 0.196 e. The van der Waals surface area contributed by atoms with Crippen molar-refractivity contribution in [3.8, 4) is 0 Å². The zero-order valence-electron chi connectivity index (χ0n) is 6.46. The summed E-state index contributed by atoms with van der Waals surface area (Å²) < 4.78 is 113. The van der Waals surface area contributed by atoms with Gasteiger partial charge in [0.2, 0.25) is 0 Å². The summed E-state index contributed by atoms with van der Waals surface area (Å²) >= 11 is 0. The second-order valence-electron chi connectivity index (χ2n) is 2.45. The summed E-state index contributed by atoms with van der Waals surface area (Å²) in [6.07, 6.45) is -9.86. The van der Waals surface area contributed by atoms with E-state index in [2.05, 4.69) is 0 Å². The van der Waals surface area contributed by atoms with E-state index >= 15 is 0 Å². The van der Waals surface area contributed by atoms with Crippen LogP contribution in [0.3, 0.4) is 0 Å². The quantitative estimate of drug-likeness (QED) is 0.581. The first-order chi connectivity index (χ1) is 6.21. The molecule has 0 aromatic carbocycles. The summed E-state index contributed by atoms with van der Waals surface area (Å²) in [5, 5.41) is -5.79. The maximum Gasteiger partial charge on any atom is 0.453 e. The molecular formula is C4H2F8O2S. The number of hydrogen-bond acceptors (Lipinski definition) is 2. The Kier molecular flexibility index (Phi) is 3.31. The first-order valence-electron chi connectivity index (χ1n) is 2.97. The van der Waals surface area contributed by atoms with Crippen molar-refractivity contribution in [3.63, 3.8) is 0 Å². The van der Waals surface area contributed by atoms with E-state index in [4.69, 9.17) is 0 Å². The second kappa shape index (κ2) is 3.46. The molecule has 0 aromatic rings. The molecule has 0 atom stereocenters. The number of hydrogen-bond donors (Lipinski definition) is 0. The van der Waals surface area contributed by atoms with Crippen LogP contribution in [0.25, 0.3) is 0 Å². The van der Waals surface area contributed by atoms with Crippen LogP contribution in [-0.2, 0) is 10.2 Å². The Morgan fingerprint density at radius 3 is 1.40 bits per heavy atom. The molecule has 0 fully saturated rings. The highest BCUT2D eigenvalue weighted by molar-refractivity contribution is 7.87. The topological polar surface area (TPSA) is 34.1 Å². The first kappa shape index (κ1) is 14.4. The minimum atomic E-state index is -6.81. The van der Waals surface area contributed by atoms with E-state index in [1.54, 1.807) is 0 Å². The van der Waals surface area contributed by atoms with Gasteiger partial charge in [-0.05, 0) is 0 Å². The van der Waals surface area contributed by atoms with Crippen molar-refractivity contribution >= 4 is 10.2 Å². The summed E-state index contributed by atoms with van der Waals surface area (Å²) in [6.45, 7) is 0. The molecule has 0 rings (SSSR count). The van der Waals surface area contributed by atoms with Gasteiger partial charge in [-0.25, -0.2) is 0 Å². The summed E-state index contributed by atoms with van der Waals surface area (Å²) in [6, 6.07) is 0. The molecule has 0 N–H and O–H groups in total. The van der Waals surface area contributed by atoms with E-state index in [1.165, 1.54) is 0 Å². The summed E-state index contributed by atoms with van der Waals surface area (Å²) in [5.74, 6) is -5.99. The molecule has 0 unspecified atom stereocenters. The summed E-state index contributed by atoms with van der Waals surface area (Å²) in [5.41, 5.74) is 0. The highest BCUT2D eigenvalue weighted by Crippen LogP contribution is 2.44. The molecule has 15 heavy (non-hydrogen) atoms. The van der Waals surface area contributed by atoms with Gasteiger partial charge in [-0.2, -0.15) is 39.2 Å². The first-order valence-corrected chi connectivity index (χ1v) is 4.36. The highest BCUT2D eigenvalue weighted by atomic mass is 32.3. The fourth-order valence-corrected chi connectivity index (χ4v) is 0.799. The molecule has 0 heterocycles. The third-order valence-electron chi connectivity index (χ3n) is 1.20. The van der Waals surface area contributed by atoms with Gasteiger partial charge in [0, 0.05) is 0 Å². The molecule has 92 valence electrons. The summed E-state index contributed by atoms with van der Waals surface area (Å²) in [4.78, 5) is 0. The van der Waals surface area contributed by atoms with Crippen molar-refractivity contribution in [1.29, 1.82) is 0 Å². The van der Waals surface area contributed by atoms with Gasteiger partial charge < -0.3 is 0 Å². The zero-order chi connectivity index (χ0) is 12.7. The van der Waals surface area contributed by atoms with Gasteiger partial charge in [-0.1, -0.05) is 3.89 Å². The van der Waals surface area contributed by atoms with E-state index < -0.39 is 34.0 Å². The van der Waals surface area contributed by atoms with Crippen LogP contribution in [0.2, 0.25) is 0 Å². The lowest BCUT2D eigenvalue weighted by molar-refractivity contribution is -0.294. The Morgan fingerprint density at radius 1 is 0.867 bits per heavy atom. The van der Waals surface area contributed by atoms with E-state index in [0.717, 1.165) is 0 Å². The second-order valence-corrected chi connectivity index (χ2v) is 3.93. The van der Waals surface area contributed by atoms with Crippen molar-refractivity contribution in [2.75, 3.05) is 0 Å². The average molecular weight is 266 g/mol. The summed E-state index contributed by atoms with van der Waals surface area (Å²) in [7, 11) is -6.81. The fraction of sp³-hybridized carbons (Fsp3) is 1.00. The van der Waals surface area contributed by atoms with Gasteiger partial charge in [0.1, 0.15) is 6.42 Å². The lowest BCUT2D eigenvalue weighted by Crippen LogP contribution is -2.43. The minimum Gasteiger partial charge on any atom is -0.196 e. The Morgan fingerprint density at radius 2 is 1.20 bits per heavy atom. The Balaban J connectivity index is 5.07. The molecule has 0 aromatic heterocycles. The molecular weight excluding hydrogens is 264 g/mol. The van der Waals surface area contributed by atoms with Crippen molar-refractivity contribution in [3.05, 3.63) is 0 Å². The third-order valence-corrected chi connectivity index (χ3v) is 2.06. The normalized spacial score (nSPS) is 15.5. The van der Waals surface area contributed by atoms with E-state index in [0.29, 0.717) is 0 Å². The molecule has 2 nitrogen and oxygen atoms in total. The molecule has 0 saturated heterocycles. The molecule has 0 aliphatic rings. The maximum atomic E-state index is 12.0. The van der Waals surface area contributed by atoms with E-state index in [-0.39, 0.29) is 0 Å². The van der Waals surface area contributed by atoms with E-state index in [9.17, 15) is 43.0 Å². The average Bonchev–Trinajstić information content (AvgIpc) is 1.77. The van der Waals surface area contributed by atoms with Crippen molar-refractivity contribution in [1.82, 2.24) is 0 Å². The third kappa shape index (κ3) is 3.18. The van der Waals surface area contributed by atoms with Gasteiger partial charge in [-0.3, -0.25) is 0 Å². The van der Waals surface area contributed by atoms with Crippen molar-refractivity contribution in [2.45, 2.75) is 23.8 Å². The monoisotopic (exact) mass is 266 g/mol. The standard InChI is InChI=1S/C4H2F8O2S/c5-2(6,4(9,10)11)1-3(7,8)15(12,13)14/h1H2. The Bertz CT molecular complexity index is 327. The minimum absolute atomic E-state index is 3.48. The zero-order valence-corrected chi connectivity index (χ0v) is 7.27. The number of alkyl halides is 7. The van der Waals surface area contributed by atoms with Crippen LogP contribution in [0.4, 0.5) is 34.6 Å². The predicted octanol–water partition coefficient (Wildman–Crippen LogP) is 2.47. The van der Waals surface area contributed by atoms with Crippen LogP contribution in [-0.4, -0.2) is 25.8 Å². The van der Waals surface area contributed by atoms with Crippen LogP contribution in [0.5, 0.6) is 0 Å². The van der Waals surface area contributed by atoms with E-state index in [1.807, 2.05) is 0 Å². The van der Waals surface area contributed by atoms with Gasteiger partial charge in [0.15, 0.2) is 0 Å². The van der Waals surface area contributed by atoms with Crippen LogP contribution in [0.15, 0.2) is 0 Å². The molecule has 0 aliphatic carbocycles. The number of halogens is 8. The van der Waals surface area contributed by atoms with Crippen LogP contribution < -0.4 is 0 Å². The molecule has 0 aliphatic heterocycles. The van der Waals surface area contributed by atoms with Gasteiger partial charge in [0.25, 0.3) is 0 Å². The van der Waals surface area contributed by atoms with Crippen molar-refractivity contribution < 1.29 is 43.0 Å². The molecule has 0 radical (unpaired) electrons. The lowest BCUT2D eigenvalue weighted by atomic mass is 10.2. The van der Waals surface area contributed by atoms with Gasteiger partial charge in [-0.15, -0.1) is 0 Å². The molecule has 0 amide bonds. The largest absolute Gasteiger partial charge is 0.453 e. The molecule has 0 spiro atoms. The molecule has 0 saturated carbocycles. The molecule has 0 bridgehead atoms. The van der Waals surface area contributed by atoms with Crippen molar-refractivity contribution in [2.24, 2.45) is 0 Å². The fourth-order valence-electron chi connectivity index (χ4n) is 0.445. The van der Waals surface area contributed by atoms with Gasteiger partial charge in [0.05, 0.1) is 0 Å². The van der Waals surface area contributed by atoms with Gasteiger partial charge >= 0.3 is 27.6 Å².